The van der Waals surface area contributed by atoms with Crippen LogP contribution >= 0.6 is 0 Å². The van der Waals surface area contributed by atoms with Gasteiger partial charge in [0.15, 0.2) is 0 Å². The number of carbonyl (C=O) groups is 3. The molecule has 32 heavy (non-hydrogen) atoms. The van der Waals surface area contributed by atoms with Gasteiger partial charge in [-0.15, -0.1) is 0 Å². The maximum Gasteiger partial charge on any atom is 0.410 e. The summed E-state index contributed by atoms with van der Waals surface area (Å²) < 4.78 is 23.5. The molecular weight excluding hydrogens is 417 g/mol. The van der Waals surface area contributed by atoms with E-state index >= 15 is 0 Å². The van der Waals surface area contributed by atoms with E-state index in [9.17, 15) is 23.9 Å². The highest BCUT2D eigenvalue weighted by Gasteiger charge is 2.25. The zero-order chi connectivity index (χ0) is 23.7. The highest BCUT2D eigenvalue weighted by Crippen LogP contribution is 2.26. The second-order valence-corrected chi connectivity index (χ2v) is 7.65. The van der Waals surface area contributed by atoms with Crippen LogP contribution in [0.15, 0.2) is 48.5 Å². The lowest BCUT2D eigenvalue weighted by Crippen LogP contribution is -2.38. The summed E-state index contributed by atoms with van der Waals surface area (Å²) in [7, 11) is 0. The van der Waals surface area contributed by atoms with Gasteiger partial charge in [0, 0.05) is 18.9 Å². The van der Waals surface area contributed by atoms with Gasteiger partial charge in [-0.25, -0.2) is 9.18 Å². The van der Waals surface area contributed by atoms with Crippen molar-refractivity contribution in [3.63, 3.8) is 0 Å². The molecule has 0 spiro atoms. The SMILES string of the molecule is CCC(=O)O[C@H](OC(=O)NC[C@H](Cc1ccccc1-c1ccc(F)cc1)C(=O)O)C(C)C. The third kappa shape index (κ3) is 7.37. The van der Waals surface area contributed by atoms with E-state index in [1.807, 2.05) is 12.1 Å². The summed E-state index contributed by atoms with van der Waals surface area (Å²) in [6, 6.07) is 13.2. The van der Waals surface area contributed by atoms with Gasteiger partial charge in [-0.05, 0) is 35.2 Å². The molecule has 1 amide bonds. The summed E-state index contributed by atoms with van der Waals surface area (Å²) >= 11 is 0. The molecule has 0 unspecified atom stereocenters. The highest BCUT2D eigenvalue weighted by molar-refractivity contribution is 5.74. The summed E-state index contributed by atoms with van der Waals surface area (Å²) in [5.41, 5.74) is 2.29. The molecule has 0 aromatic heterocycles. The summed E-state index contributed by atoms with van der Waals surface area (Å²) in [6.45, 7) is 4.90. The fourth-order valence-corrected chi connectivity index (χ4v) is 2.98. The van der Waals surface area contributed by atoms with Crippen LogP contribution in [0.25, 0.3) is 11.1 Å². The standard InChI is InChI=1S/C24H28FNO6/c1-4-21(27)31-23(15(2)3)32-24(30)26-14-18(22(28)29)13-17-7-5-6-8-20(17)16-9-11-19(25)12-10-16/h5-12,15,18,23H,4,13-14H2,1-3H3,(H,26,30)(H,28,29)/t18-,23+/m0/s1. The van der Waals surface area contributed by atoms with Crippen molar-refractivity contribution < 1.29 is 33.4 Å². The first-order valence-electron chi connectivity index (χ1n) is 10.4. The minimum Gasteiger partial charge on any atom is -0.481 e. The zero-order valence-electron chi connectivity index (χ0n) is 18.3. The molecule has 8 heteroatoms. The zero-order valence-corrected chi connectivity index (χ0v) is 18.3. The number of hydrogen-bond acceptors (Lipinski definition) is 5. The van der Waals surface area contributed by atoms with Crippen molar-refractivity contribution in [3.8, 4) is 11.1 Å². The average Bonchev–Trinajstić information content (AvgIpc) is 2.76. The quantitative estimate of drug-likeness (QED) is 0.415. The fourth-order valence-electron chi connectivity index (χ4n) is 2.98. The van der Waals surface area contributed by atoms with E-state index < -0.39 is 30.2 Å². The molecule has 0 aliphatic rings. The molecule has 2 rings (SSSR count). The van der Waals surface area contributed by atoms with Crippen LogP contribution in [0.4, 0.5) is 9.18 Å². The molecule has 0 saturated heterocycles. The predicted molar refractivity (Wildman–Crippen MR) is 116 cm³/mol. The van der Waals surface area contributed by atoms with Gasteiger partial charge in [0.1, 0.15) is 5.82 Å². The Labute approximate surface area is 186 Å². The molecule has 172 valence electrons. The Bertz CT molecular complexity index is 928. The Morgan fingerprint density at radius 2 is 1.69 bits per heavy atom. The number of alkyl carbamates (subject to hydrolysis) is 1. The minimum atomic E-state index is -1.09. The Hall–Kier alpha value is -3.42. The van der Waals surface area contributed by atoms with Crippen LogP contribution in [0.5, 0.6) is 0 Å². The number of carboxylic acids is 1. The summed E-state index contributed by atoms with van der Waals surface area (Å²) in [5.74, 6) is -3.15. The lowest BCUT2D eigenvalue weighted by Gasteiger charge is -2.22. The van der Waals surface area contributed by atoms with Gasteiger partial charge in [-0.3, -0.25) is 9.59 Å². The number of carbonyl (C=O) groups excluding carboxylic acids is 2. The van der Waals surface area contributed by atoms with Crippen molar-refractivity contribution in [3.05, 3.63) is 59.9 Å². The second kappa shape index (κ2) is 11.8. The first-order valence-corrected chi connectivity index (χ1v) is 10.4. The van der Waals surface area contributed by atoms with Crippen molar-refractivity contribution in [2.24, 2.45) is 11.8 Å². The number of halogens is 1. The minimum absolute atomic E-state index is 0.140. The van der Waals surface area contributed by atoms with Crippen LogP contribution in [-0.4, -0.2) is 36.0 Å². The number of hydrogen-bond donors (Lipinski definition) is 2. The molecule has 0 saturated carbocycles. The van der Waals surface area contributed by atoms with E-state index in [-0.39, 0.29) is 31.1 Å². The molecule has 0 aliphatic carbocycles. The number of amides is 1. The monoisotopic (exact) mass is 445 g/mol. The number of nitrogens with one attached hydrogen (secondary N) is 1. The largest absolute Gasteiger partial charge is 0.481 e. The van der Waals surface area contributed by atoms with Crippen LogP contribution in [0.2, 0.25) is 0 Å². The van der Waals surface area contributed by atoms with E-state index in [1.165, 1.54) is 12.1 Å². The molecule has 2 aromatic carbocycles. The van der Waals surface area contributed by atoms with Gasteiger partial charge in [0.05, 0.1) is 5.92 Å². The lowest BCUT2D eigenvalue weighted by atomic mass is 9.92. The average molecular weight is 445 g/mol. The van der Waals surface area contributed by atoms with Crippen molar-refractivity contribution >= 4 is 18.0 Å². The summed E-state index contributed by atoms with van der Waals surface area (Å²) in [4.78, 5) is 35.5. The van der Waals surface area contributed by atoms with Gasteiger partial charge < -0.3 is 19.9 Å². The molecular formula is C24H28FNO6. The smallest absolute Gasteiger partial charge is 0.410 e. The van der Waals surface area contributed by atoms with Gasteiger partial charge >= 0.3 is 18.0 Å². The molecule has 2 aromatic rings. The van der Waals surface area contributed by atoms with E-state index in [2.05, 4.69) is 5.32 Å². The van der Waals surface area contributed by atoms with Gasteiger partial charge in [0.25, 0.3) is 6.29 Å². The van der Waals surface area contributed by atoms with Crippen LogP contribution < -0.4 is 5.32 Å². The van der Waals surface area contributed by atoms with E-state index in [1.54, 1.807) is 45.0 Å². The first kappa shape index (κ1) is 24.8. The number of esters is 1. The molecule has 0 bridgehead atoms. The van der Waals surface area contributed by atoms with Crippen molar-refractivity contribution in [1.82, 2.24) is 5.32 Å². The van der Waals surface area contributed by atoms with Crippen LogP contribution in [0, 0.1) is 17.7 Å². The number of rotatable bonds is 10. The van der Waals surface area contributed by atoms with Crippen LogP contribution in [0.3, 0.4) is 0 Å². The lowest BCUT2D eigenvalue weighted by molar-refractivity contribution is -0.174. The molecule has 2 atom stereocenters. The van der Waals surface area contributed by atoms with Crippen molar-refractivity contribution in [2.45, 2.75) is 39.9 Å². The Morgan fingerprint density at radius 1 is 1.03 bits per heavy atom. The number of carboxylic acid groups (broad SMARTS) is 1. The van der Waals surface area contributed by atoms with Crippen LogP contribution in [0.1, 0.15) is 32.8 Å². The third-order valence-corrected chi connectivity index (χ3v) is 4.78. The number of benzene rings is 2. The Balaban J connectivity index is 2.06. The Morgan fingerprint density at radius 3 is 2.28 bits per heavy atom. The summed E-state index contributed by atoms with van der Waals surface area (Å²) in [5, 5.41) is 12.1. The predicted octanol–water partition coefficient (Wildman–Crippen LogP) is 4.40. The van der Waals surface area contributed by atoms with Crippen molar-refractivity contribution in [1.29, 1.82) is 0 Å². The first-order chi connectivity index (χ1) is 15.2. The maximum atomic E-state index is 13.3. The topological polar surface area (TPSA) is 102 Å². The molecule has 0 heterocycles. The molecule has 2 N–H and O–H groups in total. The highest BCUT2D eigenvalue weighted by atomic mass is 19.1. The van der Waals surface area contributed by atoms with E-state index in [0.717, 1.165) is 16.7 Å². The van der Waals surface area contributed by atoms with Crippen LogP contribution in [-0.2, 0) is 25.5 Å². The van der Waals surface area contributed by atoms with Gasteiger partial charge in [-0.1, -0.05) is 57.2 Å². The molecule has 0 fully saturated rings. The van der Waals surface area contributed by atoms with E-state index in [4.69, 9.17) is 9.47 Å². The van der Waals surface area contributed by atoms with Gasteiger partial charge in [0.2, 0.25) is 0 Å². The maximum absolute atomic E-state index is 13.3. The van der Waals surface area contributed by atoms with Crippen molar-refractivity contribution in [2.75, 3.05) is 6.54 Å². The Kier molecular flexibility index (Phi) is 9.19. The molecule has 7 nitrogen and oxygen atoms in total. The number of ether oxygens (including phenoxy) is 2. The third-order valence-electron chi connectivity index (χ3n) is 4.78. The fraction of sp³-hybridized carbons (Fsp3) is 0.375. The van der Waals surface area contributed by atoms with E-state index in [0.29, 0.717) is 0 Å². The number of aliphatic carboxylic acids is 1. The molecule has 0 aliphatic heterocycles. The van der Waals surface area contributed by atoms with Gasteiger partial charge in [-0.2, -0.15) is 0 Å². The summed E-state index contributed by atoms with van der Waals surface area (Å²) in [6.07, 6.45) is -1.65. The normalized spacial score (nSPS) is 12.7. The molecule has 0 radical (unpaired) electrons. The second-order valence-electron chi connectivity index (χ2n) is 7.65.